The van der Waals surface area contributed by atoms with Gasteiger partial charge in [0.1, 0.15) is 6.29 Å². The standard InChI is InChI=1S/C27H34O/c1-22(12-7-8-13-23(2)16-11-21-28)14-9-15-24(3)18-19-26-25(4)17-10-20-27(26,5)6/h9,11-16,18-19,21H,10,17,20H2,1-6H3/b14-9+,16-11+,19-18+,22-12+,23-13+,24-15+. The van der Waals surface area contributed by atoms with Crippen molar-refractivity contribution in [3.63, 3.8) is 0 Å². The lowest BCUT2D eigenvalue weighted by molar-refractivity contribution is -0.104. The van der Waals surface area contributed by atoms with Crippen molar-refractivity contribution in [1.29, 1.82) is 0 Å². The average Bonchev–Trinajstić information content (AvgIpc) is 2.62. The number of hydrogen-bond donors (Lipinski definition) is 0. The second-order valence-corrected chi connectivity index (χ2v) is 8.10. The van der Waals surface area contributed by atoms with Crippen molar-refractivity contribution in [2.75, 3.05) is 0 Å². The molecule has 148 valence electrons. The number of hydrogen-bond acceptors (Lipinski definition) is 1. The molecule has 1 heteroatoms. The van der Waals surface area contributed by atoms with E-state index < -0.39 is 0 Å². The highest BCUT2D eigenvalue weighted by Gasteiger charge is 2.26. The molecular formula is C27H34O. The predicted octanol–water partition coefficient (Wildman–Crippen LogP) is 7.22. The molecule has 1 aliphatic carbocycles. The third-order valence-corrected chi connectivity index (χ3v) is 4.89. The van der Waals surface area contributed by atoms with Crippen LogP contribution >= 0.6 is 0 Å². The molecule has 0 amide bonds. The van der Waals surface area contributed by atoms with Crippen molar-refractivity contribution >= 4 is 6.29 Å². The van der Waals surface area contributed by atoms with Gasteiger partial charge in [-0.2, -0.15) is 0 Å². The molecule has 1 aliphatic rings. The van der Waals surface area contributed by atoms with Gasteiger partial charge in [-0.05, 0) is 87.3 Å². The molecule has 0 bridgehead atoms. The zero-order valence-electron chi connectivity index (χ0n) is 18.3. The van der Waals surface area contributed by atoms with Crippen LogP contribution in [0.4, 0.5) is 0 Å². The van der Waals surface area contributed by atoms with E-state index in [1.54, 1.807) is 12.2 Å². The van der Waals surface area contributed by atoms with Gasteiger partial charge in [-0.15, -0.1) is 0 Å². The summed E-state index contributed by atoms with van der Waals surface area (Å²) in [5.41, 5.74) is 6.59. The summed E-state index contributed by atoms with van der Waals surface area (Å²) < 4.78 is 0. The van der Waals surface area contributed by atoms with E-state index in [1.165, 1.54) is 42.1 Å². The van der Waals surface area contributed by atoms with Gasteiger partial charge in [-0.3, -0.25) is 4.79 Å². The third kappa shape index (κ3) is 8.87. The van der Waals surface area contributed by atoms with Crippen molar-refractivity contribution in [3.05, 3.63) is 82.5 Å². The van der Waals surface area contributed by atoms with E-state index in [0.717, 1.165) is 17.4 Å². The van der Waals surface area contributed by atoms with Gasteiger partial charge in [-0.1, -0.05) is 73.3 Å². The van der Waals surface area contributed by atoms with E-state index in [4.69, 9.17) is 0 Å². The number of aldehydes is 1. The smallest absolute Gasteiger partial charge is 0.142 e. The van der Waals surface area contributed by atoms with Crippen LogP contribution in [-0.2, 0) is 4.79 Å². The molecule has 0 unspecified atom stereocenters. The molecule has 0 fully saturated rings. The SMILES string of the molecule is CC1=C(/C=C/C(C)=C/C=C/C(C)=C/C#C/C=C(C)/C=C/C=O)C(C)(C)CCC1. The van der Waals surface area contributed by atoms with Crippen LogP contribution in [0.5, 0.6) is 0 Å². The van der Waals surface area contributed by atoms with Crippen molar-refractivity contribution in [2.24, 2.45) is 5.41 Å². The first-order valence-corrected chi connectivity index (χ1v) is 9.96. The molecule has 0 saturated carbocycles. The van der Waals surface area contributed by atoms with E-state index >= 15 is 0 Å². The third-order valence-electron chi connectivity index (χ3n) is 4.89. The fourth-order valence-corrected chi connectivity index (χ4v) is 3.23. The van der Waals surface area contributed by atoms with Crippen LogP contribution in [0.15, 0.2) is 82.5 Å². The Bertz CT molecular complexity index is 821. The first kappa shape index (κ1) is 23.4. The van der Waals surface area contributed by atoms with Crippen LogP contribution in [0, 0.1) is 17.3 Å². The zero-order chi connectivity index (χ0) is 21.0. The van der Waals surface area contributed by atoms with E-state index in [-0.39, 0.29) is 5.41 Å². The van der Waals surface area contributed by atoms with Crippen LogP contribution in [0.1, 0.15) is 60.8 Å². The molecule has 0 aromatic rings. The van der Waals surface area contributed by atoms with Gasteiger partial charge < -0.3 is 0 Å². The first-order valence-electron chi connectivity index (χ1n) is 9.96. The maximum Gasteiger partial charge on any atom is 0.142 e. The molecule has 0 radical (unpaired) electrons. The average molecular weight is 375 g/mol. The topological polar surface area (TPSA) is 17.1 Å². The van der Waals surface area contributed by atoms with Crippen LogP contribution in [0.25, 0.3) is 0 Å². The van der Waals surface area contributed by atoms with Crippen LogP contribution in [-0.4, -0.2) is 6.29 Å². The maximum absolute atomic E-state index is 10.3. The summed E-state index contributed by atoms with van der Waals surface area (Å²) in [6, 6.07) is 0. The highest BCUT2D eigenvalue weighted by molar-refractivity contribution is 5.65. The summed E-state index contributed by atoms with van der Waals surface area (Å²) in [7, 11) is 0. The van der Waals surface area contributed by atoms with Crippen LogP contribution < -0.4 is 0 Å². The highest BCUT2D eigenvalue weighted by Crippen LogP contribution is 2.40. The Hall–Kier alpha value is -2.59. The quantitative estimate of drug-likeness (QED) is 0.207. The molecule has 1 nitrogen and oxygen atoms in total. The molecular weight excluding hydrogens is 340 g/mol. The fraction of sp³-hybridized carbons (Fsp3) is 0.370. The summed E-state index contributed by atoms with van der Waals surface area (Å²) in [4.78, 5) is 10.3. The van der Waals surface area contributed by atoms with Gasteiger partial charge in [0, 0.05) is 0 Å². The van der Waals surface area contributed by atoms with E-state index in [9.17, 15) is 4.79 Å². The Labute approximate surface area is 172 Å². The Morgan fingerprint density at radius 2 is 1.54 bits per heavy atom. The predicted molar refractivity (Wildman–Crippen MR) is 123 cm³/mol. The fourth-order valence-electron chi connectivity index (χ4n) is 3.23. The summed E-state index contributed by atoms with van der Waals surface area (Å²) in [6.45, 7) is 13.0. The molecule has 28 heavy (non-hydrogen) atoms. The normalized spacial score (nSPS) is 18.9. The largest absolute Gasteiger partial charge is 0.299 e. The van der Waals surface area contributed by atoms with Gasteiger partial charge in [0.15, 0.2) is 0 Å². The molecule has 0 spiro atoms. The van der Waals surface area contributed by atoms with Gasteiger partial charge in [0.2, 0.25) is 0 Å². The van der Waals surface area contributed by atoms with E-state index in [2.05, 4.69) is 69.9 Å². The van der Waals surface area contributed by atoms with E-state index in [0.29, 0.717) is 0 Å². The second-order valence-electron chi connectivity index (χ2n) is 8.10. The number of allylic oxidation sites excluding steroid dienone is 14. The molecule has 1 rings (SSSR count). The van der Waals surface area contributed by atoms with E-state index in [1.807, 2.05) is 19.9 Å². The minimum atomic E-state index is 0.281. The molecule has 0 saturated heterocycles. The molecule has 0 aliphatic heterocycles. The molecule has 0 N–H and O–H groups in total. The van der Waals surface area contributed by atoms with Crippen molar-refractivity contribution < 1.29 is 4.79 Å². The lowest BCUT2D eigenvalue weighted by Gasteiger charge is -2.32. The number of carbonyl (C=O) groups excluding carboxylic acids is 1. The second kappa shape index (κ2) is 12.0. The minimum Gasteiger partial charge on any atom is -0.299 e. The van der Waals surface area contributed by atoms with Crippen molar-refractivity contribution in [3.8, 4) is 11.8 Å². The zero-order valence-corrected chi connectivity index (χ0v) is 18.3. The molecule has 0 aromatic heterocycles. The van der Waals surface area contributed by atoms with Gasteiger partial charge >= 0.3 is 0 Å². The number of carbonyl (C=O) groups is 1. The number of rotatable bonds is 6. The Balaban J connectivity index is 2.71. The van der Waals surface area contributed by atoms with Gasteiger partial charge in [0.05, 0.1) is 0 Å². The summed E-state index contributed by atoms with van der Waals surface area (Å²) in [5.74, 6) is 5.98. The van der Waals surface area contributed by atoms with Crippen molar-refractivity contribution in [2.45, 2.75) is 60.8 Å². The van der Waals surface area contributed by atoms with Crippen LogP contribution in [0.3, 0.4) is 0 Å². The lowest BCUT2D eigenvalue weighted by Crippen LogP contribution is -2.19. The highest BCUT2D eigenvalue weighted by atomic mass is 16.1. The molecule has 0 aromatic carbocycles. The maximum atomic E-state index is 10.3. The lowest BCUT2D eigenvalue weighted by atomic mass is 9.72. The van der Waals surface area contributed by atoms with Gasteiger partial charge in [-0.25, -0.2) is 0 Å². The first-order chi connectivity index (χ1) is 13.3. The summed E-state index contributed by atoms with van der Waals surface area (Å²) in [5, 5.41) is 0. The monoisotopic (exact) mass is 374 g/mol. The van der Waals surface area contributed by atoms with Crippen LogP contribution in [0.2, 0.25) is 0 Å². The van der Waals surface area contributed by atoms with Gasteiger partial charge in [0.25, 0.3) is 0 Å². The molecule has 0 heterocycles. The van der Waals surface area contributed by atoms with Crippen molar-refractivity contribution in [1.82, 2.24) is 0 Å². The summed E-state index contributed by atoms with van der Waals surface area (Å²) in [6.07, 6.45) is 22.2. The minimum absolute atomic E-state index is 0.281. The molecule has 0 atom stereocenters. The Morgan fingerprint density at radius 1 is 0.929 bits per heavy atom. The Morgan fingerprint density at radius 3 is 2.11 bits per heavy atom. The summed E-state index contributed by atoms with van der Waals surface area (Å²) >= 11 is 0. The Kier molecular flexibility index (Phi) is 10.0.